The summed E-state index contributed by atoms with van der Waals surface area (Å²) in [5.41, 5.74) is 1.53. The van der Waals surface area contributed by atoms with Gasteiger partial charge >= 0.3 is 5.69 Å². The molecule has 1 amide bonds. The van der Waals surface area contributed by atoms with Crippen LogP contribution in [-0.2, 0) is 10.5 Å². The SMILES string of the molecule is COc1ccc(CSCC(=O)Nc2nc3ccccc3s2)cc1[N+](=O)[O-]. The highest BCUT2D eigenvalue weighted by Crippen LogP contribution is 2.29. The van der Waals surface area contributed by atoms with Crippen LogP contribution >= 0.6 is 23.1 Å². The van der Waals surface area contributed by atoms with Crippen molar-refractivity contribution in [2.24, 2.45) is 0 Å². The zero-order valence-electron chi connectivity index (χ0n) is 13.8. The zero-order valence-corrected chi connectivity index (χ0v) is 15.4. The molecule has 0 atom stereocenters. The van der Waals surface area contributed by atoms with Crippen molar-refractivity contribution in [3.63, 3.8) is 0 Å². The number of carbonyl (C=O) groups is 1. The third-order valence-corrected chi connectivity index (χ3v) is 5.44. The fourth-order valence-corrected chi connectivity index (χ4v) is 3.97. The van der Waals surface area contributed by atoms with Crippen molar-refractivity contribution in [2.75, 3.05) is 18.2 Å². The van der Waals surface area contributed by atoms with Gasteiger partial charge < -0.3 is 10.1 Å². The summed E-state index contributed by atoms with van der Waals surface area (Å²) in [6, 6.07) is 12.5. The number of nitro benzene ring substituents is 1. The molecule has 0 aliphatic rings. The number of para-hydroxylation sites is 1. The molecule has 3 aromatic rings. The lowest BCUT2D eigenvalue weighted by Gasteiger charge is -2.05. The summed E-state index contributed by atoms with van der Waals surface area (Å²) in [7, 11) is 1.39. The van der Waals surface area contributed by atoms with Crippen LogP contribution in [0.1, 0.15) is 5.56 Å². The van der Waals surface area contributed by atoms with E-state index < -0.39 is 4.92 Å². The number of nitrogens with one attached hydrogen (secondary N) is 1. The molecule has 0 saturated heterocycles. The van der Waals surface area contributed by atoms with Gasteiger partial charge in [0.2, 0.25) is 5.91 Å². The fourth-order valence-electron chi connectivity index (χ4n) is 2.31. The van der Waals surface area contributed by atoms with E-state index in [-0.39, 0.29) is 23.1 Å². The first-order valence-corrected chi connectivity index (χ1v) is 9.58. The quantitative estimate of drug-likeness (QED) is 0.483. The third kappa shape index (κ3) is 4.30. The van der Waals surface area contributed by atoms with Crippen LogP contribution in [-0.4, -0.2) is 28.7 Å². The van der Waals surface area contributed by atoms with Gasteiger partial charge in [0.1, 0.15) is 0 Å². The van der Waals surface area contributed by atoms with E-state index >= 15 is 0 Å². The Hall–Kier alpha value is -2.65. The molecule has 7 nitrogen and oxygen atoms in total. The van der Waals surface area contributed by atoms with Gasteiger partial charge in [-0.05, 0) is 23.8 Å². The highest BCUT2D eigenvalue weighted by molar-refractivity contribution is 7.99. The van der Waals surface area contributed by atoms with Crippen molar-refractivity contribution in [1.82, 2.24) is 4.98 Å². The van der Waals surface area contributed by atoms with E-state index in [2.05, 4.69) is 10.3 Å². The topological polar surface area (TPSA) is 94.4 Å². The van der Waals surface area contributed by atoms with E-state index in [4.69, 9.17) is 4.74 Å². The average molecular weight is 389 g/mol. The number of methoxy groups -OCH3 is 1. The maximum absolute atomic E-state index is 12.1. The Morgan fingerprint density at radius 1 is 1.35 bits per heavy atom. The van der Waals surface area contributed by atoms with Gasteiger partial charge in [0, 0.05) is 11.8 Å². The van der Waals surface area contributed by atoms with Gasteiger partial charge in [-0.15, -0.1) is 11.8 Å². The van der Waals surface area contributed by atoms with Crippen molar-refractivity contribution in [1.29, 1.82) is 0 Å². The average Bonchev–Trinajstić information content (AvgIpc) is 3.03. The minimum atomic E-state index is -0.479. The second kappa shape index (κ2) is 8.15. The summed E-state index contributed by atoms with van der Waals surface area (Å²) in [5.74, 6) is 0.780. The maximum atomic E-state index is 12.1. The van der Waals surface area contributed by atoms with Gasteiger partial charge in [-0.3, -0.25) is 14.9 Å². The number of nitro groups is 1. The molecule has 0 aliphatic carbocycles. The first-order chi connectivity index (χ1) is 12.6. The van der Waals surface area contributed by atoms with Crippen molar-refractivity contribution < 1.29 is 14.5 Å². The number of ether oxygens (including phenoxy) is 1. The van der Waals surface area contributed by atoms with Crippen molar-refractivity contribution in [3.8, 4) is 5.75 Å². The number of thiazole rings is 1. The second-order valence-corrected chi connectivity index (χ2v) is 7.31. The fraction of sp³-hybridized carbons (Fsp3) is 0.176. The summed E-state index contributed by atoms with van der Waals surface area (Å²) in [4.78, 5) is 27.0. The minimum Gasteiger partial charge on any atom is -0.490 e. The number of carbonyl (C=O) groups excluding carboxylic acids is 1. The number of hydrogen-bond acceptors (Lipinski definition) is 7. The predicted octanol–water partition coefficient (Wildman–Crippen LogP) is 4.09. The zero-order chi connectivity index (χ0) is 18.5. The molecule has 0 unspecified atom stereocenters. The van der Waals surface area contributed by atoms with Gasteiger partial charge in [0.15, 0.2) is 10.9 Å². The van der Waals surface area contributed by atoms with Crippen LogP contribution in [0.3, 0.4) is 0 Å². The summed E-state index contributed by atoms with van der Waals surface area (Å²) in [6.45, 7) is 0. The lowest BCUT2D eigenvalue weighted by molar-refractivity contribution is -0.385. The summed E-state index contributed by atoms with van der Waals surface area (Å²) in [6.07, 6.45) is 0. The van der Waals surface area contributed by atoms with E-state index in [0.29, 0.717) is 10.9 Å². The monoisotopic (exact) mass is 389 g/mol. The van der Waals surface area contributed by atoms with E-state index in [1.54, 1.807) is 12.1 Å². The lowest BCUT2D eigenvalue weighted by Crippen LogP contribution is -2.13. The molecular weight excluding hydrogens is 374 g/mol. The van der Waals surface area contributed by atoms with Gasteiger partial charge in [0.25, 0.3) is 0 Å². The molecule has 9 heteroatoms. The van der Waals surface area contributed by atoms with E-state index in [9.17, 15) is 14.9 Å². The van der Waals surface area contributed by atoms with E-state index in [1.165, 1.54) is 36.3 Å². The van der Waals surface area contributed by atoms with Crippen LogP contribution in [0.5, 0.6) is 5.75 Å². The predicted molar refractivity (Wildman–Crippen MR) is 104 cm³/mol. The maximum Gasteiger partial charge on any atom is 0.311 e. The smallest absolute Gasteiger partial charge is 0.311 e. The van der Waals surface area contributed by atoms with Crippen LogP contribution in [0.2, 0.25) is 0 Å². The normalized spacial score (nSPS) is 10.7. The standard InChI is InChI=1S/C17H15N3O4S2/c1-24-14-7-6-11(8-13(14)20(22)23)9-25-10-16(21)19-17-18-12-4-2-3-5-15(12)26-17/h2-8H,9-10H2,1H3,(H,18,19,21). The van der Waals surface area contributed by atoms with Crippen molar-refractivity contribution >= 4 is 50.0 Å². The molecule has 0 spiro atoms. The lowest BCUT2D eigenvalue weighted by atomic mass is 10.2. The summed E-state index contributed by atoms with van der Waals surface area (Å²) in [5, 5.41) is 14.4. The Morgan fingerprint density at radius 2 is 2.15 bits per heavy atom. The Balaban J connectivity index is 1.55. The highest BCUT2D eigenvalue weighted by atomic mass is 32.2. The van der Waals surface area contributed by atoms with Gasteiger partial charge in [-0.1, -0.05) is 29.5 Å². The van der Waals surface area contributed by atoms with Crippen LogP contribution in [0, 0.1) is 10.1 Å². The molecule has 1 heterocycles. The largest absolute Gasteiger partial charge is 0.490 e. The van der Waals surface area contributed by atoms with E-state index in [1.807, 2.05) is 24.3 Å². The number of fused-ring (bicyclic) bond motifs is 1. The minimum absolute atomic E-state index is 0.0791. The Bertz CT molecular complexity index is 925. The van der Waals surface area contributed by atoms with E-state index in [0.717, 1.165) is 15.8 Å². The number of aromatic nitrogens is 1. The van der Waals surface area contributed by atoms with Crippen molar-refractivity contribution in [3.05, 3.63) is 58.1 Å². The highest BCUT2D eigenvalue weighted by Gasteiger charge is 2.15. The number of thioether (sulfide) groups is 1. The molecule has 2 aromatic carbocycles. The molecule has 1 aromatic heterocycles. The molecule has 1 N–H and O–H groups in total. The number of amides is 1. The molecule has 0 saturated carbocycles. The number of hydrogen-bond donors (Lipinski definition) is 1. The molecule has 3 rings (SSSR count). The second-order valence-electron chi connectivity index (χ2n) is 5.29. The first-order valence-electron chi connectivity index (χ1n) is 7.61. The molecule has 26 heavy (non-hydrogen) atoms. The van der Waals surface area contributed by atoms with Crippen LogP contribution in [0.25, 0.3) is 10.2 Å². The molecule has 0 bridgehead atoms. The molecule has 0 aliphatic heterocycles. The Kier molecular flexibility index (Phi) is 5.69. The van der Waals surface area contributed by atoms with Crippen LogP contribution < -0.4 is 10.1 Å². The molecule has 0 fully saturated rings. The molecular formula is C17H15N3O4S2. The van der Waals surface area contributed by atoms with Gasteiger partial charge in [-0.2, -0.15) is 0 Å². The number of anilines is 1. The number of nitrogens with zero attached hydrogens (tertiary/aromatic N) is 2. The Labute approximate surface area is 157 Å². The summed E-state index contributed by atoms with van der Waals surface area (Å²) >= 11 is 2.80. The summed E-state index contributed by atoms with van der Waals surface area (Å²) < 4.78 is 5.99. The van der Waals surface area contributed by atoms with Gasteiger partial charge in [-0.25, -0.2) is 4.98 Å². The van der Waals surface area contributed by atoms with Crippen LogP contribution in [0.15, 0.2) is 42.5 Å². The molecule has 134 valence electrons. The Morgan fingerprint density at radius 3 is 2.88 bits per heavy atom. The van der Waals surface area contributed by atoms with Gasteiger partial charge in [0.05, 0.1) is 28.0 Å². The van der Waals surface area contributed by atoms with Crippen molar-refractivity contribution in [2.45, 2.75) is 5.75 Å². The molecule has 0 radical (unpaired) electrons. The number of rotatable bonds is 7. The van der Waals surface area contributed by atoms with Crippen LogP contribution in [0.4, 0.5) is 10.8 Å². The third-order valence-electron chi connectivity index (χ3n) is 3.48. The number of benzene rings is 2. The first kappa shape index (κ1) is 18.2.